The fraction of sp³-hybridized carbons (Fsp3) is 0.125. The van der Waals surface area contributed by atoms with Gasteiger partial charge in [0.25, 0.3) is 5.56 Å². The van der Waals surface area contributed by atoms with Crippen molar-refractivity contribution in [3.8, 4) is 0 Å². The van der Waals surface area contributed by atoms with Gasteiger partial charge in [0.1, 0.15) is 0 Å². The van der Waals surface area contributed by atoms with Crippen LogP contribution in [0.2, 0.25) is 0 Å². The van der Waals surface area contributed by atoms with E-state index in [1.54, 1.807) is 11.5 Å². The largest absolute Gasteiger partial charge is 0.463 e. The summed E-state index contributed by atoms with van der Waals surface area (Å²) >= 11 is 1.35. The molecule has 47 heavy (non-hydrogen) atoms. The summed E-state index contributed by atoms with van der Waals surface area (Å²) in [6.07, 6.45) is 4.09. The third kappa shape index (κ3) is 4.91. The minimum atomic E-state index is -0.675. The van der Waals surface area contributed by atoms with E-state index in [0.717, 1.165) is 32.8 Å². The number of allylic oxidation sites excluding steroid dienone is 1. The van der Waals surface area contributed by atoms with Crippen LogP contribution in [0.1, 0.15) is 36.6 Å². The quantitative estimate of drug-likeness (QED) is 0.184. The minimum absolute atomic E-state index is 0.188. The molecule has 5 aromatic carbocycles. The summed E-state index contributed by atoms with van der Waals surface area (Å²) in [5, 5.41) is 5.50. The highest BCUT2D eigenvalue weighted by Gasteiger charge is 2.34. The molecule has 2 aromatic heterocycles. The Morgan fingerprint density at radius 2 is 1.51 bits per heavy atom. The number of fused-ring (bicyclic) bond motifs is 4. The van der Waals surface area contributed by atoms with Crippen LogP contribution in [0.3, 0.4) is 0 Å². The number of thiazole rings is 1. The molecule has 0 bridgehead atoms. The number of hydrogen-bond donors (Lipinski definition) is 0. The van der Waals surface area contributed by atoms with Gasteiger partial charge >= 0.3 is 5.97 Å². The van der Waals surface area contributed by atoms with Crippen molar-refractivity contribution in [2.45, 2.75) is 26.4 Å². The van der Waals surface area contributed by atoms with Crippen LogP contribution in [0.25, 0.3) is 38.5 Å². The van der Waals surface area contributed by atoms with Crippen LogP contribution in [0, 0.1) is 0 Å². The zero-order valence-corrected chi connectivity index (χ0v) is 26.8. The SMILES string of the molecule is CCOC(=O)C1=C(C)N=c2s/c(=C/c3cn(Cc4cccc5ccccc45)c4ccccc34)c(=O)n2[C@@H]1c1cccc2ccccc12. The van der Waals surface area contributed by atoms with Crippen molar-refractivity contribution in [3.63, 3.8) is 0 Å². The molecule has 0 unspecified atom stereocenters. The van der Waals surface area contributed by atoms with Crippen LogP contribution in [-0.2, 0) is 16.1 Å². The first kappa shape index (κ1) is 28.9. The summed E-state index contributed by atoms with van der Waals surface area (Å²) in [7, 11) is 0. The summed E-state index contributed by atoms with van der Waals surface area (Å²) in [6.45, 7) is 4.53. The molecule has 1 aliphatic rings. The van der Waals surface area contributed by atoms with Crippen molar-refractivity contribution in [2.75, 3.05) is 6.61 Å². The smallest absolute Gasteiger partial charge is 0.338 e. The maximum atomic E-state index is 14.5. The lowest BCUT2D eigenvalue weighted by atomic mass is 9.91. The van der Waals surface area contributed by atoms with Gasteiger partial charge in [-0.25, -0.2) is 9.79 Å². The average molecular weight is 634 g/mol. The van der Waals surface area contributed by atoms with Crippen LogP contribution in [0.5, 0.6) is 0 Å². The summed E-state index contributed by atoms with van der Waals surface area (Å²) in [5.41, 5.74) is 4.89. The van der Waals surface area contributed by atoms with Gasteiger partial charge in [0.2, 0.25) is 0 Å². The molecule has 3 heterocycles. The van der Waals surface area contributed by atoms with E-state index in [9.17, 15) is 9.59 Å². The summed E-state index contributed by atoms with van der Waals surface area (Å²) in [6, 6.07) is 36.5. The number of para-hydroxylation sites is 1. The van der Waals surface area contributed by atoms with Gasteiger partial charge in [-0.05, 0) is 58.7 Å². The number of aromatic nitrogens is 2. The van der Waals surface area contributed by atoms with E-state index in [1.807, 2.05) is 67.6 Å². The fourth-order valence-electron chi connectivity index (χ4n) is 6.85. The molecule has 0 radical (unpaired) electrons. The second kappa shape index (κ2) is 11.7. The van der Waals surface area contributed by atoms with Gasteiger partial charge in [0.15, 0.2) is 4.80 Å². The number of benzene rings is 5. The van der Waals surface area contributed by atoms with E-state index in [0.29, 0.717) is 27.1 Å². The predicted molar refractivity (Wildman–Crippen MR) is 189 cm³/mol. The van der Waals surface area contributed by atoms with Crippen molar-refractivity contribution in [2.24, 2.45) is 4.99 Å². The van der Waals surface area contributed by atoms with E-state index >= 15 is 0 Å². The van der Waals surface area contributed by atoms with Crippen molar-refractivity contribution < 1.29 is 9.53 Å². The number of carbonyl (C=O) groups excluding carboxylic acids is 1. The van der Waals surface area contributed by atoms with Crippen molar-refractivity contribution in [1.29, 1.82) is 0 Å². The second-order valence-corrected chi connectivity index (χ2v) is 12.7. The first-order chi connectivity index (χ1) is 23.0. The Kier molecular flexibility index (Phi) is 7.18. The van der Waals surface area contributed by atoms with E-state index in [-0.39, 0.29) is 12.2 Å². The zero-order valence-electron chi connectivity index (χ0n) is 26.0. The normalized spacial score (nSPS) is 14.9. The molecule has 8 rings (SSSR count). The molecule has 0 saturated carbocycles. The minimum Gasteiger partial charge on any atom is -0.463 e. The van der Waals surface area contributed by atoms with E-state index in [4.69, 9.17) is 9.73 Å². The fourth-order valence-corrected chi connectivity index (χ4v) is 7.89. The lowest BCUT2D eigenvalue weighted by molar-refractivity contribution is -0.139. The number of rotatable bonds is 6. The van der Waals surface area contributed by atoms with Crippen molar-refractivity contribution in [3.05, 3.63) is 163 Å². The Morgan fingerprint density at radius 1 is 0.851 bits per heavy atom. The lowest BCUT2D eigenvalue weighted by Crippen LogP contribution is -2.40. The van der Waals surface area contributed by atoms with Crippen LogP contribution in [0.4, 0.5) is 0 Å². The molecule has 0 saturated heterocycles. The zero-order chi connectivity index (χ0) is 32.1. The topological polar surface area (TPSA) is 65.6 Å². The molecule has 0 fully saturated rings. The average Bonchev–Trinajstić information content (AvgIpc) is 3.59. The highest BCUT2D eigenvalue weighted by molar-refractivity contribution is 7.07. The lowest BCUT2D eigenvalue weighted by Gasteiger charge is -2.25. The highest BCUT2D eigenvalue weighted by atomic mass is 32.1. The first-order valence-electron chi connectivity index (χ1n) is 15.7. The molecule has 0 N–H and O–H groups in total. The Labute approximate surface area is 274 Å². The maximum absolute atomic E-state index is 14.5. The molecule has 0 amide bonds. The van der Waals surface area contributed by atoms with Gasteiger partial charge in [0.05, 0.1) is 28.5 Å². The third-order valence-electron chi connectivity index (χ3n) is 8.96. The van der Waals surface area contributed by atoms with Gasteiger partial charge in [-0.1, -0.05) is 114 Å². The molecule has 6 nitrogen and oxygen atoms in total. The Bertz CT molecular complexity index is 2580. The first-order valence-corrected chi connectivity index (χ1v) is 16.6. The molecular weight excluding hydrogens is 603 g/mol. The predicted octanol–water partition coefficient (Wildman–Crippen LogP) is 7.11. The van der Waals surface area contributed by atoms with Crippen LogP contribution >= 0.6 is 11.3 Å². The third-order valence-corrected chi connectivity index (χ3v) is 9.94. The van der Waals surface area contributed by atoms with E-state index in [1.165, 1.54) is 27.7 Å². The number of ether oxygens (including phenoxy) is 1. The number of hydrogen-bond acceptors (Lipinski definition) is 5. The molecule has 230 valence electrons. The van der Waals surface area contributed by atoms with Gasteiger partial charge in [-0.2, -0.15) is 0 Å². The van der Waals surface area contributed by atoms with Crippen molar-refractivity contribution in [1.82, 2.24) is 9.13 Å². The molecule has 1 aliphatic heterocycles. The maximum Gasteiger partial charge on any atom is 0.338 e. The van der Waals surface area contributed by atoms with Gasteiger partial charge in [-0.3, -0.25) is 9.36 Å². The molecule has 7 aromatic rings. The molecular formula is C40H31N3O3S. The number of esters is 1. The Hall–Kier alpha value is -5.53. The van der Waals surface area contributed by atoms with E-state index < -0.39 is 12.0 Å². The Morgan fingerprint density at radius 3 is 2.30 bits per heavy atom. The van der Waals surface area contributed by atoms with Crippen LogP contribution < -0.4 is 14.9 Å². The van der Waals surface area contributed by atoms with Crippen LogP contribution in [0.15, 0.2) is 136 Å². The summed E-state index contributed by atoms with van der Waals surface area (Å²) in [5.74, 6) is -0.461. The molecule has 0 aliphatic carbocycles. The Balaban J connectivity index is 1.31. The molecule has 1 atom stereocenters. The molecule has 7 heteroatoms. The summed E-state index contributed by atoms with van der Waals surface area (Å²) < 4.78 is 10.0. The van der Waals surface area contributed by atoms with Gasteiger partial charge < -0.3 is 9.30 Å². The monoisotopic (exact) mass is 633 g/mol. The van der Waals surface area contributed by atoms with Gasteiger partial charge in [-0.15, -0.1) is 0 Å². The van der Waals surface area contributed by atoms with Crippen LogP contribution in [-0.4, -0.2) is 21.7 Å². The van der Waals surface area contributed by atoms with Gasteiger partial charge in [0, 0.05) is 29.2 Å². The second-order valence-electron chi connectivity index (χ2n) is 11.7. The molecule has 0 spiro atoms. The summed E-state index contributed by atoms with van der Waals surface area (Å²) in [4.78, 5) is 33.3. The van der Waals surface area contributed by atoms with Crippen molar-refractivity contribution >= 4 is 55.8 Å². The number of carbonyl (C=O) groups is 1. The highest BCUT2D eigenvalue weighted by Crippen LogP contribution is 2.35. The number of nitrogens with zero attached hydrogens (tertiary/aromatic N) is 3. The standard InChI is InChI=1S/C40H31N3O3S/c1-3-46-39(45)36-25(2)41-40-43(37(36)33-20-11-15-27-13-5-7-18-31(27)33)38(44)35(47-40)22-29-24-42(34-21-9-8-19-32(29)34)23-28-16-10-14-26-12-4-6-17-30(26)28/h4-22,24,37H,3,23H2,1-2H3/b35-22+/t37-/m1/s1. The van der Waals surface area contributed by atoms with E-state index in [2.05, 4.69) is 65.4 Å².